The van der Waals surface area contributed by atoms with Gasteiger partial charge >= 0.3 is 0 Å². The molecule has 5 heteroatoms. The fourth-order valence-electron chi connectivity index (χ4n) is 2.17. The monoisotopic (exact) mass is 261 g/mol. The lowest BCUT2D eigenvalue weighted by Crippen LogP contribution is -2.62. The van der Waals surface area contributed by atoms with Crippen molar-refractivity contribution in [2.24, 2.45) is 5.41 Å². The largest absolute Gasteiger partial charge is 0.342 e. The molecule has 5 nitrogen and oxygen atoms in total. The lowest BCUT2D eigenvalue weighted by molar-refractivity contribution is -0.133. The van der Waals surface area contributed by atoms with Gasteiger partial charge < -0.3 is 5.32 Å². The normalized spacial score (nSPS) is 20.4. The molecule has 0 bridgehead atoms. The topological polar surface area (TPSA) is 62.3 Å². The standard InChI is InChI=1S/C14H19N3O2/c1-9-5-6-15-7-10(9)17-8-11(18)16-12(13(17)19)14(2,3)4/h5-7,12H,8H2,1-4H3,(H,16,18). The minimum Gasteiger partial charge on any atom is -0.342 e. The van der Waals surface area contributed by atoms with Crippen LogP contribution in [0, 0.1) is 12.3 Å². The van der Waals surface area contributed by atoms with Crippen LogP contribution in [0.1, 0.15) is 26.3 Å². The summed E-state index contributed by atoms with van der Waals surface area (Å²) in [6.07, 6.45) is 3.31. The highest BCUT2D eigenvalue weighted by molar-refractivity contribution is 6.07. The number of rotatable bonds is 1. The molecular formula is C14H19N3O2. The van der Waals surface area contributed by atoms with Crippen LogP contribution in [-0.2, 0) is 9.59 Å². The van der Waals surface area contributed by atoms with Crippen LogP contribution in [0.15, 0.2) is 18.5 Å². The molecule has 0 radical (unpaired) electrons. The first-order chi connectivity index (χ1) is 8.80. The minimum absolute atomic E-state index is 0.0535. The molecule has 1 fully saturated rings. The van der Waals surface area contributed by atoms with E-state index in [4.69, 9.17) is 0 Å². The van der Waals surface area contributed by atoms with Crippen molar-refractivity contribution in [1.29, 1.82) is 0 Å². The number of aryl methyl sites for hydroxylation is 1. The van der Waals surface area contributed by atoms with Gasteiger partial charge in [-0.25, -0.2) is 0 Å². The molecule has 2 heterocycles. The average molecular weight is 261 g/mol. The van der Waals surface area contributed by atoms with Crippen molar-refractivity contribution < 1.29 is 9.59 Å². The Bertz CT molecular complexity index is 520. The Hall–Kier alpha value is -1.91. The molecule has 0 aromatic carbocycles. The zero-order chi connectivity index (χ0) is 14.2. The molecular weight excluding hydrogens is 242 g/mol. The van der Waals surface area contributed by atoms with Crippen molar-refractivity contribution in [3.05, 3.63) is 24.0 Å². The maximum absolute atomic E-state index is 12.6. The van der Waals surface area contributed by atoms with Crippen LogP contribution in [0.4, 0.5) is 5.69 Å². The van der Waals surface area contributed by atoms with E-state index in [2.05, 4.69) is 10.3 Å². The highest BCUT2D eigenvalue weighted by Gasteiger charge is 2.40. The number of nitrogens with zero attached hydrogens (tertiary/aromatic N) is 2. The van der Waals surface area contributed by atoms with Crippen LogP contribution < -0.4 is 10.2 Å². The summed E-state index contributed by atoms with van der Waals surface area (Å²) in [4.78, 5) is 30.0. The third kappa shape index (κ3) is 2.59. The number of amides is 2. The highest BCUT2D eigenvalue weighted by Crippen LogP contribution is 2.27. The Morgan fingerprint density at radius 1 is 1.37 bits per heavy atom. The number of piperazine rings is 1. The SMILES string of the molecule is Cc1ccncc1N1CC(=O)NC(C(C)(C)C)C1=O. The summed E-state index contributed by atoms with van der Waals surface area (Å²) in [6, 6.07) is 1.33. The van der Waals surface area contributed by atoms with Crippen molar-refractivity contribution in [3.63, 3.8) is 0 Å². The third-order valence-electron chi connectivity index (χ3n) is 3.29. The number of carbonyl (C=O) groups is 2. The van der Waals surface area contributed by atoms with E-state index in [1.807, 2.05) is 33.8 Å². The van der Waals surface area contributed by atoms with Crippen molar-refractivity contribution >= 4 is 17.5 Å². The lowest BCUT2D eigenvalue weighted by atomic mass is 9.84. The summed E-state index contributed by atoms with van der Waals surface area (Å²) in [5.41, 5.74) is 1.32. The Labute approximate surface area is 113 Å². The van der Waals surface area contributed by atoms with Crippen molar-refractivity contribution in [2.75, 3.05) is 11.4 Å². The van der Waals surface area contributed by atoms with Crippen LogP contribution in [0.25, 0.3) is 0 Å². The summed E-state index contributed by atoms with van der Waals surface area (Å²) in [6.45, 7) is 7.78. The molecule has 2 rings (SSSR count). The van der Waals surface area contributed by atoms with Gasteiger partial charge in [-0.2, -0.15) is 0 Å². The number of nitrogens with one attached hydrogen (secondary N) is 1. The van der Waals surface area contributed by atoms with E-state index >= 15 is 0 Å². The van der Waals surface area contributed by atoms with Gasteiger partial charge in [0.2, 0.25) is 5.91 Å². The molecule has 0 saturated carbocycles. The van der Waals surface area contributed by atoms with Gasteiger partial charge in [0.15, 0.2) is 0 Å². The molecule has 1 N–H and O–H groups in total. The summed E-state index contributed by atoms with van der Waals surface area (Å²) >= 11 is 0. The molecule has 1 saturated heterocycles. The molecule has 2 amide bonds. The van der Waals surface area contributed by atoms with Gasteiger partial charge in [-0.05, 0) is 24.0 Å². The molecule has 1 aliphatic heterocycles. The number of hydrogen-bond acceptors (Lipinski definition) is 3. The van der Waals surface area contributed by atoms with Crippen LogP contribution in [0.5, 0.6) is 0 Å². The first-order valence-corrected chi connectivity index (χ1v) is 6.32. The predicted octanol–water partition coefficient (Wildman–Crippen LogP) is 1.27. The van der Waals surface area contributed by atoms with Gasteiger partial charge in [-0.15, -0.1) is 0 Å². The van der Waals surface area contributed by atoms with Gasteiger partial charge in [0, 0.05) is 6.20 Å². The number of pyridine rings is 1. The van der Waals surface area contributed by atoms with E-state index in [0.29, 0.717) is 5.69 Å². The summed E-state index contributed by atoms with van der Waals surface area (Å²) in [5.74, 6) is -0.217. The maximum Gasteiger partial charge on any atom is 0.250 e. The third-order valence-corrected chi connectivity index (χ3v) is 3.29. The van der Waals surface area contributed by atoms with Gasteiger partial charge in [0.1, 0.15) is 12.6 Å². The fraction of sp³-hybridized carbons (Fsp3) is 0.500. The molecule has 0 aliphatic carbocycles. The smallest absolute Gasteiger partial charge is 0.250 e. The van der Waals surface area contributed by atoms with Crippen molar-refractivity contribution in [2.45, 2.75) is 33.7 Å². The lowest BCUT2D eigenvalue weighted by Gasteiger charge is -2.39. The fourth-order valence-corrected chi connectivity index (χ4v) is 2.17. The first-order valence-electron chi connectivity index (χ1n) is 6.32. The summed E-state index contributed by atoms with van der Waals surface area (Å²) < 4.78 is 0. The van der Waals surface area contributed by atoms with E-state index in [1.54, 1.807) is 12.4 Å². The maximum atomic E-state index is 12.6. The predicted molar refractivity (Wildman–Crippen MR) is 72.7 cm³/mol. The minimum atomic E-state index is -0.506. The van der Waals surface area contributed by atoms with Crippen LogP contribution >= 0.6 is 0 Å². The second kappa shape index (κ2) is 4.64. The van der Waals surface area contributed by atoms with E-state index in [-0.39, 0.29) is 23.8 Å². The van der Waals surface area contributed by atoms with E-state index in [9.17, 15) is 9.59 Å². The number of aromatic nitrogens is 1. The first kappa shape index (κ1) is 13.5. The van der Waals surface area contributed by atoms with Gasteiger partial charge in [0.05, 0.1) is 11.9 Å². The van der Waals surface area contributed by atoms with E-state index < -0.39 is 6.04 Å². The number of carbonyl (C=O) groups excluding carboxylic acids is 2. The second-order valence-electron chi connectivity index (χ2n) is 5.95. The zero-order valence-corrected chi connectivity index (χ0v) is 11.7. The van der Waals surface area contributed by atoms with Gasteiger partial charge in [0.25, 0.3) is 5.91 Å². The molecule has 1 atom stereocenters. The molecule has 1 aromatic heterocycles. The van der Waals surface area contributed by atoms with Crippen LogP contribution in [0.2, 0.25) is 0 Å². The molecule has 1 aromatic rings. The summed E-state index contributed by atoms with van der Waals surface area (Å²) in [5, 5.41) is 2.77. The van der Waals surface area contributed by atoms with Crippen LogP contribution in [0.3, 0.4) is 0 Å². The molecule has 1 unspecified atom stereocenters. The average Bonchev–Trinajstić information content (AvgIpc) is 2.31. The number of hydrogen-bond donors (Lipinski definition) is 1. The highest BCUT2D eigenvalue weighted by atomic mass is 16.2. The van der Waals surface area contributed by atoms with Gasteiger partial charge in [-0.3, -0.25) is 19.5 Å². The summed E-state index contributed by atoms with van der Waals surface area (Å²) in [7, 11) is 0. The van der Waals surface area contributed by atoms with E-state index in [1.165, 1.54) is 4.90 Å². The zero-order valence-electron chi connectivity index (χ0n) is 11.7. The Kier molecular flexibility index (Phi) is 3.30. The Morgan fingerprint density at radius 3 is 2.63 bits per heavy atom. The Balaban J connectivity index is 2.39. The van der Waals surface area contributed by atoms with Crippen molar-refractivity contribution in [1.82, 2.24) is 10.3 Å². The second-order valence-corrected chi connectivity index (χ2v) is 5.95. The number of anilines is 1. The van der Waals surface area contributed by atoms with Crippen molar-refractivity contribution in [3.8, 4) is 0 Å². The molecule has 0 spiro atoms. The molecule has 1 aliphatic rings. The van der Waals surface area contributed by atoms with E-state index in [0.717, 1.165) is 5.56 Å². The van der Waals surface area contributed by atoms with Crippen LogP contribution in [-0.4, -0.2) is 29.4 Å². The van der Waals surface area contributed by atoms with Gasteiger partial charge in [-0.1, -0.05) is 20.8 Å². The molecule has 19 heavy (non-hydrogen) atoms. The quantitative estimate of drug-likeness (QED) is 0.828. The Morgan fingerprint density at radius 2 is 2.05 bits per heavy atom. The molecule has 102 valence electrons.